The standard InChI is InChI=1S/C5H11.Re/c1-3-5-4-2;/h1,3-5H2,2H3;. The van der Waals surface area contributed by atoms with Crippen LogP contribution in [0.2, 0.25) is 4.89 Å². The van der Waals surface area contributed by atoms with E-state index in [2.05, 4.69) is 6.92 Å². The Morgan fingerprint density at radius 1 is 1.33 bits per heavy atom. The first kappa shape index (κ1) is 6.66. The molecule has 0 aromatic heterocycles. The third-order valence-corrected chi connectivity index (χ3v) is 1.70. The van der Waals surface area contributed by atoms with E-state index in [-0.39, 0.29) is 0 Å². The molecule has 6 heavy (non-hydrogen) atoms. The Hall–Kier alpha value is 0.662. The van der Waals surface area contributed by atoms with Crippen LogP contribution < -0.4 is 0 Å². The van der Waals surface area contributed by atoms with Gasteiger partial charge in [-0.05, 0) is 0 Å². The molecule has 0 amide bonds. The third-order valence-electron chi connectivity index (χ3n) is 0.737. The minimum atomic E-state index is 1.36. The number of hydrogen-bond donors (Lipinski definition) is 0. The molecular weight excluding hydrogens is 246 g/mol. The Morgan fingerprint density at radius 2 is 2.00 bits per heavy atom. The van der Waals surface area contributed by atoms with Crippen LogP contribution in [0.15, 0.2) is 0 Å². The zero-order chi connectivity index (χ0) is 4.83. The molecule has 0 aromatic rings. The van der Waals surface area contributed by atoms with Crippen LogP contribution in [-0.2, 0) is 19.2 Å². The van der Waals surface area contributed by atoms with Crippen LogP contribution in [-0.4, -0.2) is 0 Å². The Labute approximate surface area is 50.7 Å². The molecule has 0 bridgehead atoms. The van der Waals surface area contributed by atoms with E-state index in [1.165, 1.54) is 24.2 Å². The van der Waals surface area contributed by atoms with Gasteiger partial charge >= 0.3 is 50.3 Å². The molecular formula is C5H11Re. The second-order valence-electron chi connectivity index (χ2n) is 1.40. The van der Waals surface area contributed by atoms with E-state index in [9.17, 15) is 0 Å². The molecule has 0 atom stereocenters. The molecule has 0 aromatic carbocycles. The summed E-state index contributed by atoms with van der Waals surface area (Å²) in [7, 11) is 0. The first-order valence-electron chi connectivity index (χ1n) is 2.47. The van der Waals surface area contributed by atoms with Crippen molar-refractivity contribution in [3.05, 3.63) is 0 Å². The summed E-state index contributed by atoms with van der Waals surface area (Å²) in [4.78, 5) is 1.41. The molecule has 0 aliphatic rings. The quantitative estimate of drug-likeness (QED) is 0.680. The predicted octanol–water partition coefficient (Wildman–Crippen LogP) is 2.14. The zero-order valence-corrected chi connectivity index (χ0v) is 6.92. The van der Waals surface area contributed by atoms with E-state index in [1.807, 2.05) is 19.2 Å². The van der Waals surface area contributed by atoms with E-state index in [1.54, 1.807) is 0 Å². The van der Waals surface area contributed by atoms with E-state index in [4.69, 9.17) is 0 Å². The molecule has 38 valence electrons. The molecule has 0 fully saturated rings. The van der Waals surface area contributed by atoms with E-state index in [0.29, 0.717) is 0 Å². The van der Waals surface area contributed by atoms with Gasteiger partial charge in [-0.1, -0.05) is 0 Å². The van der Waals surface area contributed by atoms with Crippen LogP contribution in [0.25, 0.3) is 0 Å². The van der Waals surface area contributed by atoms with Gasteiger partial charge in [0.1, 0.15) is 0 Å². The summed E-state index contributed by atoms with van der Waals surface area (Å²) in [6.45, 7) is 2.24. The molecule has 1 heteroatoms. The van der Waals surface area contributed by atoms with Crippen LogP contribution in [0.5, 0.6) is 0 Å². The molecule has 0 unspecified atom stereocenters. The van der Waals surface area contributed by atoms with Gasteiger partial charge in [0.25, 0.3) is 0 Å². The van der Waals surface area contributed by atoms with Gasteiger partial charge in [0.05, 0.1) is 0 Å². The molecule has 0 nitrogen and oxygen atoms in total. The van der Waals surface area contributed by atoms with Crippen molar-refractivity contribution < 1.29 is 19.2 Å². The molecule has 0 N–H and O–H groups in total. The van der Waals surface area contributed by atoms with Crippen molar-refractivity contribution >= 4 is 0 Å². The molecule has 0 spiro atoms. The van der Waals surface area contributed by atoms with Crippen LogP contribution in [0, 0.1) is 0 Å². The Bertz CT molecular complexity index is 15.9. The SMILES string of the molecule is CCCC[CH2][Re]. The molecule has 0 radical (unpaired) electrons. The molecule has 0 saturated heterocycles. The predicted molar refractivity (Wildman–Crippen MR) is 24.3 cm³/mol. The van der Waals surface area contributed by atoms with Crippen molar-refractivity contribution in [1.29, 1.82) is 0 Å². The Kier molecular flexibility index (Phi) is 6.29. The van der Waals surface area contributed by atoms with Gasteiger partial charge in [-0.15, -0.1) is 0 Å². The third kappa shape index (κ3) is 4.66. The summed E-state index contributed by atoms with van der Waals surface area (Å²) >= 11 is 1.90. The first-order valence-corrected chi connectivity index (χ1v) is 4.39. The average molecular weight is 257 g/mol. The van der Waals surface area contributed by atoms with E-state index < -0.39 is 0 Å². The maximum absolute atomic E-state index is 2.24. The normalized spacial score (nSPS) is 9.00. The van der Waals surface area contributed by atoms with Crippen molar-refractivity contribution in [1.82, 2.24) is 0 Å². The minimum absolute atomic E-state index is 1.36. The van der Waals surface area contributed by atoms with Crippen molar-refractivity contribution in [3.63, 3.8) is 0 Å². The Morgan fingerprint density at radius 3 is 2.17 bits per heavy atom. The second kappa shape index (κ2) is 5.66. The summed E-state index contributed by atoms with van der Waals surface area (Å²) in [6.07, 6.45) is 4.23. The van der Waals surface area contributed by atoms with Crippen molar-refractivity contribution in [2.45, 2.75) is 31.1 Å². The first-order chi connectivity index (χ1) is 2.91. The van der Waals surface area contributed by atoms with Crippen LogP contribution >= 0.6 is 0 Å². The van der Waals surface area contributed by atoms with Gasteiger partial charge in [-0.25, -0.2) is 0 Å². The zero-order valence-electron chi connectivity index (χ0n) is 4.21. The fourth-order valence-electron chi connectivity index (χ4n) is 0.344. The van der Waals surface area contributed by atoms with Gasteiger partial charge in [-0.3, -0.25) is 0 Å². The Balaban J connectivity index is 2.34. The second-order valence-corrected chi connectivity index (χ2v) is 2.75. The van der Waals surface area contributed by atoms with Crippen LogP contribution in [0.1, 0.15) is 26.2 Å². The van der Waals surface area contributed by atoms with Crippen LogP contribution in [0.3, 0.4) is 0 Å². The van der Waals surface area contributed by atoms with Crippen molar-refractivity contribution in [2.24, 2.45) is 0 Å². The molecule has 0 saturated carbocycles. The van der Waals surface area contributed by atoms with Gasteiger partial charge < -0.3 is 0 Å². The summed E-state index contributed by atoms with van der Waals surface area (Å²) in [5.41, 5.74) is 0. The van der Waals surface area contributed by atoms with E-state index >= 15 is 0 Å². The van der Waals surface area contributed by atoms with Crippen molar-refractivity contribution in [2.75, 3.05) is 0 Å². The van der Waals surface area contributed by atoms with Gasteiger partial charge in [0.15, 0.2) is 0 Å². The van der Waals surface area contributed by atoms with Crippen molar-refractivity contribution in [3.8, 4) is 0 Å². The molecule has 0 aliphatic heterocycles. The summed E-state index contributed by atoms with van der Waals surface area (Å²) in [5.74, 6) is 0. The average Bonchev–Trinajstić information content (AvgIpc) is 1.61. The summed E-state index contributed by atoms with van der Waals surface area (Å²) in [5, 5.41) is 0. The van der Waals surface area contributed by atoms with Crippen LogP contribution in [0.4, 0.5) is 0 Å². The van der Waals surface area contributed by atoms with Gasteiger partial charge in [-0.2, -0.15) is 0 Å². The van der Waals surface area contributed by atoms with Gasteiger partial charge in [0, 0.05) is 0 Å². The maximum atomic E-state index is 2.24. The number of hydrogen-bond acceptors (Lipinski definition) is 0. The van der Waals surface area contributed by atoms with E-state index in [0.717, 1.165) is 0 Å². The monoisotopic (exact) mass is 258 g/mol. The molecule has 0 rings (SSSR count). The number of unbranched alkanes of at least 4 members (excludes halogenated alkanes) is 2. The van der Waals surface area contributed by atoms with Gasteiger partial charge in [0.2, 0.25) is 0 Å². The molecule has 0 aliphatic carbocycles. The topological polar surface area (TPSA) is 0 Å². The molecule has 0 heterocycles. The fourth-order valence-corrected chi connectivity index (χ4v) is 1.02. The summed E-state index contributed by atoms with van der Waals surface area (Å²) < 4.78 is 0. The summed E-state index contributed by atoms with van der Waals surface area (Å²) in [6, 6.07) is 0. The fraction of sp³-hybridized carbons (Fsp3) is 1.00. The number of rotatable bonds is 3.